The Hall–Kier alpha value is -3.01. The summed E-state index contributed by atoms with van der Waals surface area (Å²) in [6, 6.07) is 19.8. The van der Waals surface area contributed by atoms with E-state index >= 15 is 0 Å². The van der Waals surface area contributed by atoms with Crippen molar-refractivity contribution < 1.29 is 4.79 Å². The molecular formula is C27H22BrN3OS. The lowest BCUT2D eigenvalue weighted by atomic mass is 9.97. The number of hydrogen-bond acceptors (Lipinski definition) is 4. The topological polar surface area (TPSA) is 65.8 Å². The van der Waals surface area contributed by atoms with Gasteiger partial charge in [0.25, 0.3) is 5.91 Å². The van der Waals surface area contributed by atoms with Gasteiger partial charge < -0.3 is 5.32 Å². The highest BCUT2D eigenvalue weighted by Gasteiger charge is 2.22. The van der Waals surface area contributed by atoms with Crippen molar-refractivity contribution in [1.29, 1.82) is 5.26 Å². The van der Waals surface area contributed by atoms with Gasteiger partial charge in [-0.05, 0) is 55.5 Å². The van der Waals surface area contributed by atoms with Crippen LogP contribution in [0.25, 0.3) is 22.2 Å². The highest BCUT2D eigenvalue weighted by atomic mass is 79.9. The van der Waals surface area contributed by atoms with Crippen molar-refractivity contribution in [2.75, 3.05) is 5.32 Å². The van der Waals surface area contributed by atoms with Crippen LogP contribution < -0.4 is 5.32 Å². The van der Waals surface area contributed by atoms with Crippen molar-refractivity contribution in [3.05, 3.63) is 80.6 Å². The first-order chi connectivity index (χ1) is 16.1. The molecule has 0 aliphatic heterocycles. The third kappa shape index (κ3) is 4.44. The Morgan fingerprint density at radius 3 is 2.58 bits per heavy atom. The van der Waals surface area contributed by atoms with E-state index in [4.69, 9.17) is 4.98 Å². The van der Waals surface area contributed by atoms with E-state index < -0.39 is 0 Å². The molecule has 0 unspecified atom stereocenters. The van der Waals surface area contributed by atoms with Crippen LogP contribution in [0.1, 0.15) is 52.0 Å². The zero-order valence-corrected chi connectivity index (χ0v) is 20.4. The Bertz CT molecular complexity index is 1390. The van der Waals surface area contributed by atoms with E-state index in [-0.39, 0.29) is 5.91 Å². The number of halogens is 1. The maximum Gasteiger partial charge on any atom is 0.257 e. The van der Waals surface area contributed by atoms with Crippen LogP contribution in [0.15, 0.2) is 59.1 Å². The zero-order valence-electron chi connectivity index (χ0n) is 18.0. The first-order valence-corrected chi connectivity index (χ1v) is 12.8. The molecule has 0 bridgehead atoms. The van der Waals surface area contributed by atoms with Crippen LogP contribution in [0, 0.1) is 11.3 Å². The molecule has 5 rings (SSSR count). The summed E-state index contributed by atoms with van der Waals surface area (Å²) in [6.45, 7) is 0. The van der Waals surface area contributed by atoms with Crippen molar-refractivity contribution in [1.82, 2.24) is 4.98 Å². The minimum absolute atomic E-state index is 0.210. The number of thiophene rings is 1. The van der Waals surface area contributed by atoms with Crippen LogP contribution in [0.5, 0.6) is 0 Å². The molecule has 2 aromatic heterocycles. The lowest BCUT2D eigenvalue weighted by Crippen LogP contribution is -2.13. The molecule has 1 N–H and O–H groups in total. The Kier molecular flexibility index (Phi) is 6.26. The lowest BCUT2D eigenvalue weighted by molar-refractivity contribution is 0.102. The fraction of sp³-hybridized carbons (Fsp3) is 0.222. The van der Waals surface area contributed by atoms with E-state index in [9.17, 15) is 10.1 Å². The number of hydrogen-bond donors (Lipinski definition) is 1. The number of aromatic nitrogens is 1. The number of pyridine rings is 1. The normalized spacial score (nSPS) is 13.6. The van der Waals surface area contributed by atoms with Crippen LogP contribution in [0.4, 0.5) is 5.00 Å². The molecule has 0 spiro atoms. The van der Waals surface area contributed by atoms with E-state index in [0.29, 0.717) is 16.1 Å². The molecule has 1 aliphatic carbocycles. The minimum Gasteiger partial charge on any atom is -0.312 e. The van der Waals surface area contributed by atoms with Gasteiger partial charge in [0.15, 0.2) is 0 Å². The first-order valence-electron chi connectivity index (χ1n) is 11.2. The number of anilines is 1. The first kappa shape index (κ1) is 21.8. The average Bonchev–Trinajstić information content (AvgIpc) is 3.13. The Morgan fingerprint density at radius 1 is 1.03 bits per heavy atom. The maximum atomic E-state index is 13.5. The Morgan fingerprint density at radius 2 is 1.79 bits per heavy atom. The zero-order chi connectivity index (χ0) is 22.8. The Balaban J connectivity index is 1.56. The van der Waals surface area contributed by atoms with E-state index in [1.54, 1.807) is 11.3 Å². The van der Waals surface area contributed by atoms with E-state index in [1.165, 1.54) is 17.7 Å². The number of aryl methyl sites for hydroxylation is 1. The average molecular weight is 516 g/mol. The van der Waals surface area contributed by atoms with Crippen LogP contribution in [-0.2, 0) is 12.8 Å². The summed E-state index contributed by atoms with van der Waals surface area (Å²) in [7, 11) is 0. The number of nitrogens with one attached hydrogen (secondary N) is 1. The van der Waals surface area contributed by atoms with Gasteiger partial charge in [-0.15, -0.1) is 11.3 Å². The maximum absolute atomic E-state index is 13.5. The van der Waals surface area contributed by atoms with Gasteiger partial charge in [-0.25, -0.2) is 4.98 Å². The molecule has 1 amide bonds. The molecule has 2 heterocycles. The molecule has 0 saturated carbocycles. The number of para-hydroxylation sites is 1. The molecule has 0 atom stereocenters. The van der Waals surface area contributed by atoms with Crippen molar-refractivity contribution in [3.63, 3.8) is 0 Å². The molecule has 33 heavy (non-hydrogen) atoms. The van der Waals surface area contributed by atoms with Crippen molar-refractivity contribution in [3.8, 4) is 17.3 Å². The number of carbonyl (C=O) groups is 1. The predicted octanol–water partition coefficient (Wildman–Crippen LogP) is 7.51. The third-order valence-electron chi connectivity index (χ3n) is 6.11. The number of rotatable bonds is 3. The predicted molar refractivity (Wildman–Crippen MR) is 138 cm³/mol. The summed E-state index contributed by atoms with van der Waals surface area (Å²) >= 11 is 5.03. The number of nitriles is 1. The third-order valence-corrected chi connectivity index (χ3v) is 7.85. The summed E-state index contributed by atoms with van der Waals surface area (Å²) in [5.41, 5.74) is 4.77. The summed E-state index contributed by atoms with van der Waals surface area (Å²) in [6.07, 6.45) is 6.55. The molecule has 1 aliphatic rings. The summed E-state index contributed by atoms with van der Waals surface area (Å²) in [4.78, 5) is 19.6. The second kappa shape index (κ2) is 9.46. The summed E-state index contributed by atoms with van der Waals surface area (Å²) in [5, 5.41) is 14.4. The second-order valence-corrected chi connectivity index (χ2v) is 10.3. The fourth-order valence-electron chi connectivity index (χ4n) is 4.43. The molecule has 2 aromatic carbocycles. The van der Waals surface area contributed by atoms with Crippen LogP contribution >= 0.6 is 27.3 Å². The van der Waals surface area contributed by atoms with Crippen LogP contribution in [0.3, 0.4) is 0 Å². The number of benzene rings is 2. The SMILES string of the molecule is N#Cc1c(NC(=O)c2cc(-c3ccc(Br)cc3)nc3ccccc23)sc2c1CCCCCC2. The van der Waals surface area contributed by atoms with Crippen molar-refractivity contribution in [2.45, 2.75) is 38.5 Å². The molecule has 6 heteroatoms. The summed E-state index contributed by atoms with van der Waals surface area (Å²) < 4.78 is 0.988. The quantitative estimate of drug-likeness (QED) is 0.307. The van der Waals surface area contributed by atoms with Gasteiger partial charge in [-0.3, -0.25) is 4.79 Å². The minimum atomic E-state index is -0.210. The molecule has 0 fully saturated rings. The van der Waals surface area contributed by atoms with E-state index in [2.05, 4.69) is 27.3 Å². The van der Waals surface area contributed by atoms with E-state index in [0.717, 1.165) is 57.9 Å². The standard InChI is InChI=1S/C27H22BrN3OS/c28-18-13-11-17(12-14-18)24-15-21(19-7-5-6-9-23(19)30-24)26(32)31-27-22(16-29)20-8-3-1-2-4-10-25(20)33-27/h5-7,9,11-15H,1-4,8,10H2,(H,31,32). The molecule has 0 saturated heterocycles. The number of carbonyl (C=O) groups excluding carboxylic acids is 1. The highest BCUT2D eigenvalue weighted by Crippen LogP contribution is 2.37. The van der Waals surface area contributed by atoms with Gasteiger partial charge in [0.1, 0.15) is 11.1 Å². The van der Waals surface area contributed by atoms with Gasteiger partial charge in [0.05, 0.1) is 22.3 Å². The lowest BCUT2D eigenvalue weighted by Gasteiger charge is -2.10. The van der Waals surface area contributed by atoms with Gasteiger partial charge in [-0.2, -0.15) is 5.26 Å². The second-order valence-electron chi connectivity index (χ2n) is 8.27. The fourth-order valence-corrected chi connectivity index (χ4v) is 5.93. The van der Waals surface area contributed by atoms with Crippen LogP contribution in [-0.4, -0.2) is 10.9 Å². The van der Waals surface area contributed by atoms with Crippen molar-refractivity contribution in [2.24, 2.45) is 0 Å². The monoisotopic (exact) mass is 515 g/mol. The number of nitrogens with zero attached hydrogens (tertiary/aromatic N) is 2. The number of fused-ring (bicyclic) bond motifs is 2. The number of amides is 1. The highest BCUT2D eigenvalue weighted by molar-refractivity contribution is 9.10. The molecule has 164 valence electrons. The molecule has 4 aromatic rings. The van der Waals surface area contributed by atoms with Gasteiger partial charge >= 0.3 is 0 Å². The Labute approximate surface area is 205 Å². The van der Waals surface area contributed by atoms with E-state index in [1.807, 2.05) is 54.6 Å². The molecule has 4 nitrogen and oxygen atoms in total. The summed E-state index contributed by atoms with van der Waals surface area (Å²) in [5.74, 6) is -0.210. The smallest absolute Gasteiger partial charge is 0.257 e. The van der Waals surface area contributed by atoms with Gasteiger partial charge in [0.2, 0.25) is 0 Å². The van der Waals surface area contributed by atoms with Crippen molar-refractivity contribution >= 4 is 49.1 Å². The van der Waals surface area contributed by atoms with Gasteiger partial charge in [-0.1, -0.05) is 59.1 Å². The molecule has 0 radical (unpaired) electrons. The van der Waals surface area contributed by atoms with Gasteiger partial charge in [0, 0.05) is 20.3 Å². The largest absolute Gasteiger partial charge is 0.312 e. The van der Waals surface area contributed by atoms with Crippen LogP contribution in [0.2, 0.25) is 0 Å². The molecular weight excluding hydrogens is 494 g/mol.